The van der Waals surface area contributed by atoms with Crippen molar-refractivity contribution in [2.24, 2.45) is 5.41 Å². The smallest absolute Gasteiger partial charge is 0.164 e. The molecule has 0 aliphatic heterocycles. The Bertz CT molecular complexity index is 372. The van der Waals surface area contributed by atoms with Crippen LogP contribution in [0.2, 0.25) is 0 Å². The van der Waals surface area contributed by atoms with Gasteiger partial charge in [-0.2, -0.15) is 0 Å². The average molecular weight is 248 g/mol. The molecule has 0 spiro atoms. The van der Waals surface area contributed by atoms with Gasteiger partial charge in [-0.05, 0) is 24.3 Å². The molecule has 2 atom stereocenters. The minimum Gasteiger partial charge on any atom is -0.377 e. The first-order chi connectivity index (χ1) is 8.53. The summed E-state index contributed by atoms with van der Waals surface area (Å²) in [5, 5.41) is 0. The minimum absolute atomic E-state index is 0.204. The molecule has 0 heterocycles. The molecule has 2 unspecified atom stereocenters. The molecule has 0 saturated carbocycles. The molecule has 0 N–H and O–H groups in total. The van der Waals surface area contributed by atoms with E-state index in [4.69, 9.17) is 4.74 Å². The number of hydrogen-bond donors (Lipinski definition) is 0. The van der Waals surface area contributed by atoms with E-state index in [2.05, 4.69) is 26.0 Å². The van der Waals surface area contributed by atoms with Gasteiger partial charge in [0.2, 0.25) is 0 Å². The summed E-state index contributed by atoms with van der Waals surface area (Å²) in [5.41, 5.74) is 1.01. The van der Waals surface area contributed by atoms with Gasteiger partial charge in [0.25, 0.3) is 0 Å². The molecule has 0 aromatic heterocycles. The highest BCUT2D eigenvalue weighted by Crippen LogP contribution is 2.35. The van der Waals surface area contributed by atoms with Crippen LogP contribution in [-0.2, 0) is 9.53 Å². The van der Waals surface area contributed by atoms with Gasteiger partial charge in [-0.15, -0.1) is 0 Å². The van der Waals surface area contributed by atoms with Gasteiger partial charge in [-0.3, -0.25) is 4.79 Å². The van der Waals surface area contributed by atoms with E-state index in [9.17, 15) is 4.79 Å². The highest BCUT2D eigenvalue weighted by Gasteiger charge is 2.32. The maximum Gasteiger partial charge on any atom is 0.164 e. The normalized spacial score (nSPS) is 16.0. The summed E-state index contributed by atoms with van der Waals surface area (Å²) in [6.45, 7) is 6.52. The molecule has 0 radical (unpaired) electrons. The number of carbonyl (C=O) groups excluding carboxylic acids is 1. The predicted molar refractivity (Wildman–Crippen MR) is 74.8 cm³/mol. The monoisotopic (exact) mass is 248 g/mol. The van der Waals surface area contributed by atoms with Crippen molar-refractivity contribution in [1.29, 1.82) is 0 Å². The Hall–Kier alpha value is -1.15. The van der Waals surface area contributed by atoms with Crippen LogP contribution in [0.3, 0.4) is 0 Å². The summed E-state index contributed by atoms with van der Waals surface area (Å²) in [6, 6.07) is 10.4. The average Bonchev–Trinajstić information content (AvgIpc) is 2.39. The molecule has 0 aliphatic rings. The molecule has 0 aliphatic carbocycles. The number of Topliss-reactive ketones (excluding diaryl/α,β-unsaturated/α-hetero) is 1. The standard InChI is InChI=1S/C16H24O2/c1-5-16(3,15(17)12-18-4)11-13(2)14-9-7-6-8-10-14/h6-10,13H,5,11-12H2,1-4H3. The summed E-state index contributed by atoms with van der Waals surface area (Å²) in [5.74, 6) is 0.590. The van der Waals surface area contributed by atoms with Crippen molar-refractivity contribution in [3.05, 3.63) is 35.9 Å². The summed E-state index contributed by atoms with van der Waals surface area (Å²) in [7, 11) is 1.58. The van der Waals surface area contributed by atoms with E-state index in [0.29, 0.717) is 5.92 Å². The van der Waals surface area contributed by atoms with Gasteiger partial charge in [-0.25, -0.2) is 0 Å². The van der Waals surface area contributed by atoms with Gasteiger partial charge in [0.05, 0.1) is 0 Å². The van der Waals surface area contributed by atoms with Crippen LogP contribution in [0.15, 0.2) is 30.3 Å². The SMILES string of the molecule is CCC(C)(CC(C)c1ccccc1)C(=O)COC. The molecule has 1 aromatic carbocycles. The van der Waals surface area contributed by atoms with E-state index in [-0.39, 0.29) is 17.8 Å². The molecule has 0 fully saturated rings. The second kappa shape index (κ2) is 6.69. The fraction of sp³-hybridized carbons (Fsp3) is 0.562. The lowest BCUT2D eigenvalue weighted by Crippen LogP contribution is -2.31. The summed E-state index contributed by atoms with van der Waals surface area (Å²) in [4.78, 5) is 12.1. The van der Waals surface area contributed by atoms with Crippen molar-refractivity contribution < 1.29 is 9.53 Å². The van der Waals surface area contributed by atoms with Crippen LogP contribution < -0.4 is 0 Å². The number of ether oxygens (including phenoxy) is 1. The third-order valence-corrected chi connectivity index (χ3v) is 3.85. The Balaban J connectivity index is 2.76. The Kier molecular flexibility index (Phi) is 5.54. The van der Waals surface area contributed by atoms with E-state index in [1.54, 1.807) is 7.11 Å². The fourth-order valence-corrected chi connectivity index (χ4v) is 2.34. The summed E-state index contributed by atoms with van der Waals surface area (Å²) < 4.78 is 4.99. The molecular weight excluding hydrogens is 224 g/mol. The lowest BCUT2D eigenvalue weighted by molar-refractivity contribution is -0.132. The molecule has 2 nitrogen and oxygen atoms in total. The molecule has 2 heteroatoms. The van der Waals surface area contributed by atoms with Crippen molar-refractivity contribution in [2.45, 2.75) is 39.5 Å². The van der Waals surface area contributed by atoms with Crippen LogP contribution in [0.25, 0.3) is 0 Å². The van der Waals surface area contributed by atoms with Gasteiger partial charge in [0.15, 0.2) is 5.78 Å². The van der Waals surface area contributed by atoms with E-state index in [1.165, 1.54) is 5.56 Å². The number of methoxy groups -OCH3 is 1. The topological polar surface area (TPSA) is 26.3 Å². The van der Waals surface area contributed by atoms with Gasteiger partial charge in [0.1, 0.15) is 6.61 Å². The van der Waals surface area contributed by atoms with E-state index in [0.717, 1.165) is 12.8 Å². The maximum absolute atomic E-state index is 12.1. The quantitative estimate of drug-likeness (QED) is 0.733. The molecule has 100 valence electrons. The zero-order chi connectivity index (χ0) is 13.6. The van der Waals surface area contributed by atoms with Crippen molar-refractivity contribution in [2.75, 3.05) is 13.7 Å². The van der Waals surface area contributed by atoms with Crippen LogP contribution >= 0.6 is 0 Å². The molecule has 0 saturated heterocycles. The molecule has 0 bridgehead atoms. The predicted octanol–water partition coefficient (Wildman–Crippen LogP) is 3.81. The number of benzene rings is 1. The first-order valence-electron chi connectivity index (χ1n) is 6.60. The zero-order valence-electron chi connectivity index (χ0n) is 11.9. The fourth-order valence-electron chi connectivity index (χ4n) is 2.34. The second-order valence-electron chi connectivity index (χ2n) is 5.29. The number of carbonyl (C=O) groups is 1. The summed E-state index contributed by atoms with van der Waals surface area (Å²) >= 11 is 0. The summed E-state index contributed by atoms with van der Waals surface area (Å²) in [6.07, 6.45) is 1.72. The van der Waals surface area contributed by atoms with Crippen LogP contribution in [0.1, 0.15) is 45.1 Å². The van der Waals surface area contributed by atoms with E-state index in [1.807, 2.05) is 25.1 Å². The van der Waals surface area contributed by atoms with E-state index >= 15 is 0 Å². The lowest BCUT2D eigenvalue weighted by Gasteiger charge is -2.29. The molecule has 18 heavy (non-hydrogen) atoms. The highest BCUT2D eigenvalue weighted by atomic mass is 16.5. The molecular formula is C16H24O2. The van der Waals surface area contributed by atoms with Crippen LogP contribution in [-0.4, -0.2) is 19.5 Å². The largest absolute Gasteiger partial charge is 0.377 e. The van der Waals surface area contributed by atoms with Crippen molar-refractivity contribution >= 4 is 5.78 Å². The second-order valence-corrected chi connectivity index (χ2v) is 5.29. The van der Waals surface area contributed by atoms with Crippen LogP contribution in [0.5, 0.6) is 0 Å². The number of hydrogen-bond acceptors (Lipinski definition) is 2. The Morgan fingerprint density at radius 2 is 1.94 bits per heavy atom. The van der Waals surface area contributed by atoms with Crippen LogP contribution in [0.4, 0.5) is 0 Å². The Morgan fingerprint density at radius 1 is 1.33 bits per heavy atom. The van der Waals surface area contributed by atoms with Gasteiger partial charge >= 0.3 is 0 Å². The van der Waals surface area contributed by atoms with Gasteiger partial charge in [-0.1, -0.05) is 51.1 Å². The third kappa shape index (κ3) is 3.67. The molecule has 0 amide bonds. The zero-order valence-corrected chi connectivity index (χ0v) is 11.9. The first kappa shape index (κ1) is 14.9. The Labute approximate surface area is 110 Å². The van der Waals surface area contributed by atoms with Gasteiger partial charge in [0, 0.05) is 12.5 Å². The highest BCUT2D eigenvalue weighted by molar-refractivity contribution is 5.85. The van der Waals surface area contributed by atoms with Crippen LogP contribution in [0, 0.1) is 5.41 Å². The van der Waals surface area contributed by atoms with Crippen molar-refractivity contribution in [1.82, 2.24) is 0 Å². The molecule has 1 aromatic rings. The third-order valence-electron chi connectivity index (χ3n) is 3.85. The maximum atomic E-state index is 12.1. The Morgan fingerprint density at radius 3 is 2.44 bits per heavy atom. The van der Waals surface area contributed by atoms with E-state index < -0.39 is 0 Å². The minimum atomic E-state index is -0.286. The number of ketones is 1. The number of rotatable bonds is 7. The first-order valence-corrected chi connectivity index (χ1v) is 6.60. The van der Waals surface area contributed by atoms with Crippen molar-refractivity contribution in [3.63, 3.8) is 0 Å². The lowest BCUT2D eigenvalue weighted by atomic mass is 9.74. The van der Waals surface area contributed by atoms with Crippen molar-refractivity contribution in [3.8, 4) is 0 Å². The van der Waals surface area contributed by atoms with Gasteiger partial charge < -0.3 is 4.74 Å². The molecule has 1 rings (SSSR count).